The number of Topliss-reactive ketones (excluding diaryl/α,β-unsaturated/α-hetero) is 1. The lowest BCUT2D eigenvalue weighted by Gasteiger charge is -2.10. The number of nitrogens with one attached hydrogen (secondary N) is 1. The predicted molar refractivity (Wildman–Crippen MR) is 104 cm³/mol. The molecule has 0 aliphatic rings. The van der Waals surface area contributed by atoms with E-state index in [9.17, 15) is 14.4 Å². The van der Waals surface area contributed by atoms with Crippen molar-refractivity contribution in [1.29, 1.82) is 0 Å². The van der Waals surface area contributed by atoms with Crippen LogP contribution in [0.15, 0.2) is 30.3 Å². The molecule has 2 aromatic carbocycles. The Hall–Kier alpha value is -2.95. The summed E-state index contributed by atoms with van der Waals surface area (Å²) in [6, 6.07) is 9.07. The molecule has 5 heteroatoms. The highest BCUT2D eigenvalue weighted by atomic mass is 16.5. The lowest BCUT2D eigenvalue weighted by molar-refractivity contribution is -0.141. The summed E-state index contributed by atoms with van der Waals surface area (Å²) in [7, 11) is 0. The van der Waals surface area contributed by atoms with E-state index in [1.54, 1.807) is 12.1 Å². The van der Waals surface area contributed by atoms with Gasteiger partial charge in [0.25, 0.3) is 5.91 Å². The maximum Gasteiger partial charge on any atom is 0.325 e. The largest absolute Gasteiger partial charge is 0.456 e. The second kappa shape index (κ2) is 8.62. The maximum absolute atomic E-state index is 12.3. The SMILES string of the molecule is Cc1ccc(C(=O)NCC(=O)OCC(=O)c2cc(C)c(C)cc2C)cc1C. The fourth-order valence-electron chi connectivity index (χ4n) is 2.67. The molecule has 5 nitrogen and oxygen atoms in total. The highest BCUT2D eigenvalue weighted by molar-refractivity contribution is 6.00. The number of amides is 1. The van der Waals surface area contributed by atoms with Crippen LogP contribution in [0.1, 0.15) is 48.5 Å². The van der Waals surface area contributed by atoms with Gasteiger partial charge in [-0.05, 0) is 80.6 Å². The number of aryl methyl sites for hydroxylation is 5. The van der Waals surface area contributed by atoms with Crippen LogP contribution in [-0.2, 0) is 9.53 Å². The molecule has 0 heterocycles. The van der Waals surface area contributed by atoms with Crippen LogP contribution < -0.4 is 5.32 Å². The molecule has 0 aromatic heterocycles. The third-order valence-electron chi connectivity index (χ3n) is 4.67. The summed E-state index contributed by atoms with van der Waals surface area (Å²) in [6.07, 6.45) is 0. The molecule has 0 spiro atoms. The van der Waals surface area contributed by atoms with E-state index < -0.39 is 5.97 Å². The van der Waals surface area contributed by atoms with E-state index in [2.05, 4.69) is 5.32 Å². The van der Waals surface area contributed by atoms with Crippen LogP contribution in [-0.4, -0.2) is 30.8 Å². The number of carbonyl (C=O) groups is 3. The molecule has 2 rings (SSSR count). The number of benzene rings is 2. The first kappa shape index (κ1) is 20.4. The first-order valence-electron chi connectivity index (χ1n) is 8.81. The first-order valence-corrected chi connectivity index (χ1v) is 8.81. The van der Waals surface area contributed by atoms with E-state index in [0.717, 1.165) is 27.8 Å². The molecule has 0 aliphatic carbocycles. The lowest BCUT2D eigenvalue weighted by atomic mass is 9.98. The van der Waals surface area contributed by atoms with E-state index >= 15 is 0 Å². The zero-order valence-electron chi connectivity index (χ0n) is 16.4. The highest BCUT2D eigenvalue weighted by Crippen LogP contribution is 2.16. The molecule has 0 saturated carbocycles. The first-order chi connectivity index (χ1) is 12.7. The molecule has 0 unspecified atom stereocenters. The van der Waals surface area contributed by atoms with Crippen molar-refractivity contribution in [3.8, 4) is 0 Å². The Morgan fingerprint density at radius 2 is 1.44 bits per heavy atom. The molecule has 142 valence electrons. The monoisotopic (exact) mass is 367 g/mol. The highest BCUT2D eigenvalue weighted by Gasteiger charge is 2.14. The summed E-state index contributed by atoms with van der Waals surface area (Å²) in [5.41, 5.74) is 6.08. The Labute approximate surface area is 159 Å². The molecule has 2 aromatic rings. The Morgan fingerprint density at radius 1 is 0.815 bits per heavy atom. The summed E-state index contributed by atoms with van der Waals surface area (Å²) in [5.74, 6) is -1.27. The summed E-state index contributed by atoms with van der Waals surface area (Å²) in [6.45, 7) is 9.01. The Balaban J connectivity index is 1.87. The molecular formula is C22H25NO4. The summed E-state index contributed by atoms with van der Waals surface area (Å²) >= 11 is 0. The number of esters is 1. The quantitative estimate of drug-likeness (QED) is 0.627. The standard InChI is InChI=1S/C22H25NO4/c1-13-6-7-18(9-15(13)3)22(26)23-11-21(25)27-12-20(24)19-10-16(4)14(2)8-17(19)5/h6-10H,11-12H2,1-5H3,(H,23,26). The Bertz CT molecular complexity index is 899. The van der Waals surface area contributed by atoms with E-state index in [-0.39, 0.29) is 24.8 Å². The van der Waals surface area contributed by atoms with Crippen LogP contribution >= 0.6 is 0 Å². The number of carbonyl (C=O) groups excluding carboxylic acids is 3. The van der Waals surface area contributed by atoms with E-state index in [1.807, 2.05) is 52.8 Å². The van der Waals surface area contributed by atoms with Crippen molar-refractivity contribution in [2.45, 2.75) is 34.6 Å². The molecule has 27 heavy (non-hydrogen) atoms. The normalized spacial score (nSPS) is 10.4. The summed E-state index contributed by atoms with van der Waals surface area (Å²) in [5, 5.41) is 2.51. The van der Waals surface area contributed by atoms with Gasteiger partial charge in [0.05, 0.1) is 0 Å². The average molecular weight is 367 g/mol. The maximum atomic E-state index is 12.3. The number of hydrogen-bond acceptors (Lipinski definition) is 4. The van der Waals surface area contributed by atoms with Crippen molar-refractivity contribution in [3.63, 3.8) is 0 Å². The Morgan fingerprint density at radius 3 is 2.11 bits per heavy atom. The van der Waals surface area contributed by atoms with Crippen molar-refractivity contribution >= 4 is 17.7 Å². The van der Waals surface area contributed by atoms with Crippen molar-refractivity contribution in [3.05, 3.63) is 69.3 Å². The van der Waals surface area contributed by atoms with Crippen LogP contribution in [0, 0.1) is 34.6 Å². The smallest absolute Gasteiger partial charge is 0.325 e. The van der Waals surface area contributed by atoms with Gasteiger partial charge in [-0.15, -0.1) is 0 Å². The minimum absolute atomic E-state index is 0.260. The Kier molecular flexibility index (Phi) is 6.50. The van der Waals surface area contributed by atoms with Gasteiger partial charge in [-0.1, -0.05) is 12.1 Å². The van der Waals surface area contributed by atoms with Gasteiger partial charge in [0.2, 0.25) is 5.78 Å². The molecule has 0 bridgehead atoms. The molecule has 0 atom stereocenters. The van der Waals surface area contributed by atoms with Gasteiger partial charge in [0.15, 0.2) is 6.61 Å². The van der Waals surface area contributed by atoms with Crippen molar-refractivity contribution in [1.82, 2.24) is 5.32 Å². The fourth-order valence-corrected chi connectivity index (χ4v) is 2.67. The van der Waals surface area contributed by atoms with Crippen LogP contribution in [0.4, 0.5) is 0 Å². The van der Waals surface area contributed by atoms with Gasteiger partial charge in [-0.2, -0.15) is 0 Å². The minimum atomic E-state index is -0.651. The van der Waals surface area contributed by atoms with Crippen LogP contribution in [0.25, 0.3) is 0 Å². The third-order valence-corrected chi connectivity index (χ3v) is 4.67. The van der Waals surface area contributed by atoms with Crippen molar-refractivity contribution in [2.24, 2.45) is 0 Å². The topological polar surface area (TPSA) is 72.5 Å². The third kappa shape index (κ3) is 5.26. The lowest BCUT2D eigenvalue weighted by Crippen LogP contribution is -2.31. The predicted octanol–water partition coefficient (Wildman–Crippen LogP) is 3.38. The number of ether oxygens (including phenoxy) is 1. The van der Waals surface area contributed by atoms with Gasteiger partial charge >= 0.3 is 5.97 Å². The molecular weight excluding hydrogens is 342 g/mol. The van der Waals surface area contributed by atoms with Crippen molar-refractivity contribution < 1.29 is 19.1 Å². The average Bonchev–Trinajstić information content (AvgIpc) is 2.62. The molecule has 1 N–H and O–H groups in total. The van der Waals surface area contributed by atoms with Gasteiger partial charge in [-0.3, -0.25) is 14.4 Å². The van der Waals surface area contributed by atoms with Crippen LogP contribution in [0.2, 0.25) is 0 Å². The van der Waals surface area contributed by atoms with Gasteiger partial charge < -0.3 is 10.1 Å². The van der Waals surface area contributed by atoms with Gasteiger partial charge in [0, 0.05) is 11.1 Å². The minimum Gasteiger partial charge on any atom is -0.456 e. The summed E-state index contributed by atoms with van der Waals surface area (Å²) < 4.78 is 5.01. The number of rotatable bonds is 6. The molecule has 0 radical (unpaired) electrons. The molecule has 1 amide bonds. The second-order valence-electron chi connectivity index (χ2n) is 6.82. The van der Waals surface area contributed by atoms with Crippen LogP contribution in [0.5, 0.6) is 0 Å². The zero-order chi connectivity index (χ0) is 20.1. The fraction of sp³-hybridized carbons (Fsp3) is 0.318. The second-order valence-corrected chi connectivity index (χ2v) is 6.82. The van der Waals surface area contributed by atoms with Crippen LogP contribution in [0.3, 0.4) is 0 Å². The number of ketones is 1. The molecule has 0 aliphatic heterocycles. The van der Waals surface area contributed by atoms with E-state index in [4.69, 9.17) is 4.74 Å². The van der Waals surface area contributed by atoms with Gasteiger partial charge in [0.1, 0.15) is 6.54 Å². The summed E-state index contributed by atoms with van der Waals surface area (Å²) in [4.78, 5) is 36.3. The van der Waals surface area contributed by atoms with E-state index in [0.29, 0.717) is 11.1 Å². The molecule has 0 fully saturated rings. The zero-order valence-corrected chi connectivity index (χ0v) is 16.4. The van der Waals surface area contributed by atoms with E-state index in [1.165, 1.54) is 0 Å². The number of hydrogen-bond donors (Lipinski definition) is 1. The van der Waals surface area contributed by atoms with Gasteiger partial charge in [-0.25, -0.2) is 0 Å². The molecule has 0 saturated heterocycles. The van der Waals surface area contributed by atoms with Crippen molar-refractivity contribution in [2.75, 3.05) is 13.2 Å².